The fourth-order valence-electron chi connectivity index (χ4n) is 3.55. The van der Waals surface area contributed by atoms with Gasteiger partial charge in [0.25, 0.3) is 0 Å². The van der Waals surface area contributed by atoms with Crippen molar-refractivity contribution in [1.29, 1.82) is 0 Å². The molecule has 9 heteroatoms. The topological polar surface area (TPSA) is 39.5 Å². The highest BCUT2D eigenvalue weighted by Crippen LogP contribution is 2.29. The molecule has 2 aromatic carbocycles. The van der Waals surface area contributed by atoms with Crippen LogP contribution in [0.4, 0.5) is 13.2 Å². The van der Waals surface area contributed by atoms with Gasteiger partial charge in [-0.25, -0.2) is 4.98 Å². The number of hydrogen-bond acceptors (Lipinski definition) is 4. The zero-order valence-electron chi connectivity index (χ0n) is 15.6. The van der Waals surface area contributed by atoms with Gasteiger partial charge in [0.15, 0.2) is 0 Å². The first-order valence-electron chi connectivity index (χ1n) is 9.07. The minimum absolute atomic E-state index is 0.131. The van der Waals surface area contributed by atoms with E-state index < -0.39 is 6.36 Å². The van der Waals surface area contributed by atoms with E-state index in [0.29, 0.717) is 31.8 Å². The second kappa shape index (κ2) is 7.85. The highest BCUT2D eigenvalue weighted by atomic mass is 35.5. The van der Waals surface area contributed by atoms with Gasteiger partial charge in [-0.3, -0.25) is 4.90 Å². The molecule has 0 radical (unpaired) electrons. The van der Waals surface area contributed by atoms with E-state index in [1.54, 1.807) is 12.4 Å². The average molecular weight is 426 g/mol. The van der Waals surface area contributed by atoms with Crippen LogP contribution in [0.5, 0.6) is 5.75 Å². The molecule has 0 bridgehead atoms. The maximum absolute atomic E-state index is 12.5. The summed E-state index contributed by atoms with van der Waals surface area (Å²) >= 11 is 5.98. The van der Waals surface area contributed by atoms with Gasteiger partial charge in [0.1, 0.15) is 5.75 Å². The number of rotatable bonds is 4. The summed E-state index contributed by atoms with van der Waals surface area (Å²) in [7, 11) is 1.94. The largest absolute Gasteiger partial charge is 0.573 e. The molecule has 3 aromatic rings. The smallest absolute Gasteiger partial charge is 0.406 e. The SMILES string of the molecule is Cn1cnc2ccc([C@H]3CN(Cc4cc(Cl)cc(OC(F)(F)F)c4)CCO3)cc21. The van der Waals surface area contributed by atoms with Crippen molar-refractivity contribution in [3.8, 4) is 5.75 Å². The molecule has 1 aliphatic rings. The third-order valence-electron chi connectivity index (χ3n) is 4.84. The fraction of sp³-hybridized carbons (Fsp3) is 0.350. The molecule has 0 spiro atoms. The van der Waals surface area contributed by atoms with Crippen LogP contribution in [0.2, 0.25) is 5.02 Å². The van der Waals surface area contributed by atoms with E-state index in [0.717, 1.165) is 22.7 Å². The molecule has 1 aliphatic heterocycles. The number of nitrogens with zero attached hydrogens (tertiary/aromatic N) is 3. The van der Waals surface area contributed by atoms with Crippen LogP contribution < -0.4 is 4.74 Å². The van der Waals surface area contributed by atoms with Crippen molar-refractivity contribution >= 4 is 22.6 Å². The summed E-state index contributed by atoms with van der Waals surface area (Å²) in [6, 6.07) is 10.2. The van der Waals surface area contributed by atoms with E-state index in [4.69, 9.17) is 16.3 Å². The molecule has 0 saturated carbocycles. The van der Waals surface area contributed by atoms with Crippen LogP contribution in [0.25, 0.3) is 11.0 Å². The van der Waals surface area contributed by atoms with E-state index in [9.17, 15) is 13.2 Å². The van der Waals surface area contributed by atoms with Gasteiger partial charge < -0.3 is 14.0 Å². The average Bonchev–Trinajstić information content (AvgIpc) is 3.00. The number of benzene rings is 2. The third-order valence-corrected chi connectivity index (χ3v) is 5.06. The second-order valence-electron chi connectivity index (χ2n) is 7.04. The van der Waals surface area contributed by atoms with Crippen molar-refractivity contribution in [2.45, 2.75) is 19.0 Å². The van der Waals surface area contributed by atoms with E-state index >= 15 is 0 Å². The number of hydrogen-bond donors (Lipinski definition) is 0. The van der Waals surface area contributed by atoms with E-state index in [-0.39, 0.29) is 16.9 Å². The maximum atomic E-state index is 12.5. The van der Waals surface area contributed by atoms with Crippen molar-refractivity contribution < 1.29 is 22.6 Å². The Morgan fingerprint density at radius 1 is 1.24 bits per heavy atom. The van der Waals surface area contributed by atoms with Gasteiger partial charge >= 0.3 is 6.36 Å². The van der Waals surface area contributed by atoms with Crippen molar-refractivity contribution in [3.05, 3.63) is 58.9 Å². The number of aromatic nitrogens is 2. The number of fused-ring (bicyclic) bond motifs is 1. The highest BCUT2D eigenvalue weighted by molar-refractivity contribution is 6.30. The summed E-state index contributed by atoms with van der Waals surface area (Å²) in [5.41, 5.74) is 3.63. The number of alkyl halides is 3. The maximum Gasteiger partial charge on any atom is 0.573 e. The van der Waals surface area contributed by atoms with Crippen molar-refractivity contribution in [3.63, 3.8) is 0 Å². The summed E-state index contributed by atoms with van der Waals surface area (Å²) in [5.74, 6) is -0.313. The summed E-state index contributed by atoms with van der Waals surface area (Å²) in [6.45, 7) is 2.26. The normalized spacial score (nSPS) is 18.3. The Morgan fingerprint density at radius 2 is 2.07 bits per heavy atom. The zero-order chi connectivity index (χ0) is 20.6. The molecular formula is C20H19ClF3N3O2. The molecule has 1 aromatic heterocycles. The Morgan fingerprint density at radius 3 is 2.86 bits per heavy atom. The Balaban J connectivity index is 1.49. The molecule has 0 unspecified atom stereocenters. The highest BCUT2D eigenvalue weighted by Gasteiger charge is 2.31. The Kier molecular flexibility index (Phi) is 5.42. The minimum Gasteiger partial charge on any atom is -0.406 e. The first-order chi connectivity index (χ1) is 13.8. The van der Waals surface area contributed by atoms with Crippen LogP contribution in [0.15, 0.2) is 42.7 Å². The predicted octanol–water partition coefficient (Wildman–Crippen LogP) is 4.70. The molecule has 0 amide bonds. The molecule has 4 rings (SSSR count). The van der Waals surface area contributed by atoms with Gasteiger partial charge in [0, 0.05) is 31.7 Å². The van der Waals surface area contributed by atoms with E-state index in [1.807, 2.05) is 23.7 Å². The standard InChI is InChI=1S/C20H19ClF3N3O2/c1-26-12-25-17-3-2-14(8-18(17)26)19-11-27(4-5-28-19)10-13-6-15(21)9-16(7-13)29-20(22,23)24/h2-3,6-9,12,19H,4-5,10-11H2,1H3/t19-/m1/s1. The number of imidazole rings is 1. The monoisotopic (exact) mass is 425 g/mol. The minimum atomic E-state index is -4.75. The predicted molar refractivity (Wildman–Crippen MR) is 103 cm³/mol. The number of aryl methyl sites for hydroxylation is 1. The fourth-order valence-corrected chi connectivity index (χ4v) is 3.80. The lowest BCUT2D eigenvalue weighted by Gasteiger charge is -2.33. The van der Waals surface area contributed by atoms with Gasteiger partial charge in [-0.05, 0) is 41.5 Å². The third kappa shape index (κ3) is 4.83. The summed E-state index contributed by atoms with van der Waals surface area (Å²) in [4.78, 5) is 6.45. The lowest BCUT2D eigenvalue weighted by Crippen LogP contribution is -2.37. The quantitative estimate of drug-likeness (QED) is 0.607. The van der Waals surface area contributed by atoms with Crippen LogP contribution in [0.1, 0.15) is 17.2 Å². The van der Waals surface area contributed by atoms with Crippen LogP contribution in [-0.4, -0.2) is 40.5 Å². The van der Waals surface area contributed by atoms with Crippen molar-refractivity contribution in [2.24, 2.45) is 7.05 Å². The lowest BCUT2D eigenvalue weighted by atomic mass is 10.1. The Hall–Kier alpha value is -2.29. The van der Waals surface area contributed by atoms with Gasteiger partial charge in [0.05, 0.1) is 30.1 Å². The first-order valence-corrected chi connectivity index (χ1v) is 9.45. The van der Waals surface area contributed by atoms with Gasteiger partial charge in [-0.1, -0.05) is 17.7 Å². The summed E-state index contributed by atoms with van der Waals surface area (Å²) in [6.07, 6.45) is -3.12. The van der Waals surface area contributed by atoms with E-state index in [1.165, 1.54) is 6.07 Å². The molecule has 29 heavy (non-hydrogen) atoms. The van der Waals surface area contributed by atoms with Crippen LogP contribution >= 0.6 is 11.6 Å². The molecule has 0 aliphatic carbocycles. The molecule has 1 atom stereocenters. The van der Waals surface area contributed by atoms with Crippen LogP contribution in [-0.2, 0) is 18.3 Å². The molecular weight excluding hydrogens is 407 g/mol. The lowest BCUT2D eigenvalue weighted by molar-refractivity contribution is -0.274. The van der Waals surface area contributed by atoms with Crippen LogP contribution in [0, 0.1) is 0 Å². The van der Waals surface area contributed by atoms with Crippen LogP contribution in [0.3, 0.4) is 0 Å². The number of halogens is 4. The van der Waals surface area contributed by atoms with Gasteiger partial charge in [-0.15, -0.1) is 13.2 Å². The molecule has 1 fully saturated rings. The number of morpholine rings is 1. The molecule has 0 N–H and O–H groups in total. The molecule has 1 saturated heterocycles. The number of ether oxygens (including phenoxy) is 2. The van der Waals surface area contributed by atoms with Crippen molar-refractivity contribution in [1.82, 2.24) is 14.5 Å². The van der Waals surface area contributed by atoms with E-state index in [2.05, 4.69) is 20.7 Å². The molecule has 154 valence electrons. The van der Waals surface area contributed by atoms with Gasteiger partial charge in [-0.2, -0.15) is 0 Å². The molecule has 5 nitrogen and oxygen atoms in total. The Bertz CT molecular complexity index is 1020. The first kappa shape index (κ1) is 20.0. The van der Waals surface area contributed by atoms with Crippen molar-refractivity contribution in [2.75, 3.05) is 19.7 Å². The second-order valence-corrected chi connectivity index (χ2v) is 7.48. The molecule has 2 heterocycles. The van der Waals surface area contributed by atoms with Gasteiger partial charge in [0.2, 0.25) is 0 Å². The Labute approximate surface area is 170 Å². The summed E-state index contributed by atoms with van der Waals surface area (Å²) < 4.78 is 49.5. The zero-order valence-corrected chi connectivity index (χ0v) is 16.4. The summed E-state index contributed by atoms with van der Waals surface area (Å²) in [5, 5.41) is 0.202.